The Bertz CT molecular complexity index is 1480. The van der Waals surface area contributed by atoms with Crippen molar-refractivity contribution in [2.75, 3.05) is 12.3 Å². The number of β-lactam (4-membered cyclic amide) rings is 1. The van der Waals surface area contributed by atoms with Gasteiger partial charge in [0.2, 0.25) is 5.60 Å². The van der Waals surface area contributed by atoms with Gasteiger partial charge in [-0.05, 0) is 19.4 Å². The number of carbonyl (C=O) groups excluding carboxylic acids is 3. The number of hydrogen-bond acceptors (Lipinski definition) is 14. The average Bonchev–Trinajstić information content (AvgIpc) is 3.37. The van der Waals surface area contributed by atoms with Crippen molar-refractivity contribution in [3.8, 4) is 0 Å². The minimum atomic E-state index is -5.02. The van der Waals surface area contributed by atoms with Crippen molar-refractivity contribution in [1.82, 2.24) is 29.6 Å². The van der Waals surface area contributed by atoms with E-state index in [9.17, 15) is 37.3 Å². The number of carboxylic acid groups (broad SMARTS) is 1. The molecule has 2 amide bonds. The van der Waals surface area contributed by atoms with Gasteiger partial charge in [0.15, 0.2) is 10.8 Å². The second kappa shape index (κ2) is 11.8. The smallest absolute Gasteiger partial charge is 0.362 e. The second-order valence-electron chi connectivity index (χ2n) is 9.35. The SMILES string of the molecule is NCCCC(=O)CCc1cnn(C[C@@H]2[C@H](NC(=O)/C(=N\OC3(C(=O)O)CC3)c3csc(N)n3)C(=O)N2S(=O)(=O)O)n1. The first kappa shape index (κ1) is 30.0. The number of aliphatic carboxylic acids is 1. The molecule has 41 heavy (non-hydrogen) atoms. The van der Waals surface area contributed by atoms with Gasteiger partial charge in [0.1, 0.15) is 23.6 Å². The van der Waals surface area contributed by atoms with Gasteiger partial charge in [-0.15, -0.1) is 11.3 Å². The predicted octanol–water partition coefficient (Wildman–Crippen LogP) is -1.91. The van der Waals surface area contributed by atoms with Gasteiger partial charge in [0.25, 0.3) is 11.8 Å². The summed E-state index contributed by atoms with van der Waals surface area (Å²) in [4.78, 5) is 59.4. The first-order chi connectivity index (χ1) is 19.3. The van der Waals surface area contributed by atoms with Crippen LogP contribution in [0.15, 0.2) is 16.7 Å². The lowest BCUT2D eigenvalue weighted by Crippen LogP contribution is -2.73. The lowest BCUT2D eigenvalue weighted by molar-refractivity contribution is -0.153. The third kappa shape index (κ3) is 6.84. The number of Topliss-reactive ketones (excluding diaryl/α,β-unsaturated/α-hetero) is 1. The van der Waals surface area contributed by atoms with Crippen LogP contribution in [0.25, 0.3) is 0 Å². The van der Waals surface area contributed by atoms with Gasteiger partial charge in [0, 0.05) is 31.1 Å². The zero-order chi connectivity index (χ0) is 29.9. The lowest BCUT2D eigenvalue weighted by Gasteiger charge is -2.43. The molecule has 0 radical (unpaired) electrons. The molecular formula is C21H27N9O9S2. The molecule has 1 saturated carbocycles. The second-order valence-corrected chi connectivity index (χ2v) is 11.5. The summed E-state index contributed by atoms with van der Waals surface area (Å²) >= 11 is 0.962. The highest BCUT2D eigenvalue weighted by Gasteiger charge is 2.56. The van der Waals surface area contributed by atoms with Gasteiger partial charge >= 0.3 is 16.3 Å². The number of carboxylic acids is 1. The zero-order valence-electron chi connectivity index (χ0n) is 21.4. The van der Waals surface area contributed by atoms with E-state index in [4.69, 9.17) is 16.3 Å². The number of anilines is 1. The standard InChI is InChI=1S/C21H27N9O9S2/c22-7-1-2-12(31)4-3-11-8-24-29(27-11)9-14-16(18(33)30(14)41(36,37)38)26-17(32)15(13-10-40-20(23)25-13)28-39-21(5-6-21)19(34)35/h8,10,14,16H,1-7,9,22H2,(H2,23,25)(H,26,32)(H,34,35)(H,36,37,38)/b28-15-/t14-,16+/m1/s1. The molecule has 0 unspecified atom stereocenters. The summed E-state index contributed by atoms with van der Waals surface area (Å²) in [7, 11) is -5.02. The zero-order valence-corrected chi connectivity index (χ0v) is 23.0. The van der Waals surface area contributed by atoms with Crippen LogP contribution < -0.4 is 16.8 Å². The maximum absolute atomic E-state index is 13.2. The van der Waals surface area contributed by atoms with Gasteiger partial charge in [-0.3, -0.25) is 18.9 Å². The predicted molar refractivity (Wildman–Crippen MR) is 140 cm³/mol. The van der Waals surface area contributed by atoms with E-state index in [-0.39, 0.29) is 53.1 Å². The fourth-order valence-electron chi connectivity index (χ4n) is 3.94. The number of carbonyl (C=O) groups is 4. The van der Waals surface area contributed by atoms with Crippen LogP contribution in [0.3, 0.4) is 0 Å². The quantitative estimate of drug-likeness (QED) is 0.0635. The fourth-order valence-corrected chi connectivity index (χ4v) is 5.36. The molecule has 2 fully saturated rings. The number of oxime groups is 1. The molecular weight excluding hydrogens is 586 g/mol. The molecule has 0 spiro atoms. The van der Waals surface area contributed by atoms with Crippen LogP contribution >= 0.6 is 11.3 Å². The van der Waals surface area contributed by atoms with Crippen LogP contribution in [0.4, 0.5) is 5.13 Å². The van der Waals surface area contributed by atoms with Gasteiger partial charge in [-0.2, -0.15) is 23.4 Å². The third-order valence-corrected chi connectivity index (χ3v) is 7.97. The van der Waals surface area contributed by atoms with Crippen molar-refractivity contribution in [1.29, 1.82) is 0 Å². The van der Waals surface area contributed by atoms with Crippen LogP contribution in [0.5, 0.6) is 0 Å². The minimum absolute atomic E-state index is 0.00538. The Morgan fingerprint density at radius 3 is 2.61 bits per heavy atom. The Morgan fingerprint density at radius 2 is 2.02 bits per heavy atom. The van der Waals surface area contributed by atoms with E-state index in [2.05, 4.69) is 25.7 Å². The number of amides is 2. The molecule has 0 aromatic carbocycles. The largest absolute Gasteiger partial charge is 0.478 e. The van der Waals surface area contributed by atoms with Crippen molar-refractivity contribution in [3.63, 3.8) is 0 Å². The van der Waals surface area contributed by atoms with Gasteiger partial charge in [-0.25, -0.2) is 14.1 Å². The molecule has 2 aliphatic rings. The van der Waals surface area contributed by atoms with Crippen LogP contribution in [0, 0.1) is 0 Å². The third-order valence-electron chi connectivity index (χ3n) is 6.34. The van der Waals surface area contributed by atoms with E-state index in [1.165, 1.54) is 11.6 Å². The van der Waals surface area contributed by atoms with Crippen molar-refractivity contribution in [2.24, 2.45) is 10.9 Å². The molecule has 4 rings (SSSR count). The number of nitrogens with two attached hydrogens (primary N) is 2. The number of nitrogens with one attached hydrogen (secondary N) is 1. The Kier molecular flexibility index (Phi) is 8.66. The first-order valence-electron chi connectivity index (χ1n) is 12.3. The molecule has 20 heteroatoms. The number of nitrogens with zero attached hydrogens (tertiary/aromatic N) is 6. The normalized spacial score (nSPS) is 19.9. The van der Waals surface area contributed by atoms with E-state index in [0.29, 0.717) is 25.1 Å². The number of ketones is 1. The molecule has 1 saturated heterocycles. The van der Waals surface area contributed by atoms with Crippen molar-refractivity contribution in [2.45, 2.75) is 62.8 Å². The molecule has 2 aromatic heterocycles. The van der Waals surface area contributed by atoms with E-state index in [1.54, 1.807) is 0 Å². The summed E-state index contributed by atoms with van der Waals surface area (Å²) in [5.41, 5.74) is 9.31. The Labute approximate surface area is 236 Å². The van der Waals surface area contributed by atoms with Crippen LogP contribution in [-0.2, 0) is 47.3 Å². The van der Waals surface area contributed by atoms with Crippen molar-refractivity contribution < 1.29 is 42.1 Å². The highest BCUT2D eigenvalue weighted by molar-refractivity contribution is 7.84. The topological polar surface area (TPSA) is 275 Å². The van der Waals surface area contributed by atoms with Crippen molar-refractivity contribution in [3.05, 3.63) is 23.0 Å². The number of nitrogen functional groups attached to an aromatic ring is 1. The van der Waals surface area contributed by atoms with Gasteiger partial charge in [0.05, 0.1) is 18.4 Å². The highest BCUT2D eigenvalue weighted by atomic mass is 32.2. The summed E-state index contributed by atoms with van der Waals surface area (Å²) in [5, 5.41) is 25.0. The summed E-state index contributed by atoms with van der Waals surface area (Å²) in [6.45, 7) is 0.0393. The maximum Gasteiger partial charge on any atom is 0.362 e. The van der Waals surface area contributed by atoms with E-state index >= 15 is 0 Å². The molecule has 3 heterocycles. The maximum atomic E-state index is 13.2. The molecule has 1 aliphatic carbocycles. The number of rotatable bonds is 15. The summed E-state index contributed by atoms with van der Waals surface area (Å²) < 4.78 is 33.6. The fraction of sp³-hybridized carbons (Fsp3) is 0.524. The molecule has 2 atom stereocenters. The Morgan fingerprint density at radius 1 is 1.29 bits per heavy atom. The van der Waals surface area contributed by atoms with E-state index < -0.39 is 51.5 Å². The van der Waals surface area contributed by atoms with Crippen LogP contribution in [0.1, 0.15) is 43.5 Å². The molecule has 7 N–H and O–H groups in total. The first-order valence-corrected chi connectivity index (χ1v) is 14.6. The average molecular weight is 614 g/mol. The van der Waals surface area contributed by atoms with Crippen LogP contribution in [0.2, 0.25) is 0 Å². The molecule has 18 nitrogen and oxygen atoms in total. The summed E-state index contributed by atoms with van der Waals surface area (Å²) in [5.74, 6) is -3.47. The number of aromatic nitrogens is 4. The lowest BCUT2D eigenvalue weighted by atomic mass is 9.98. The van der Waals surface area contributed by atoms with E-state index in [0.717, 1.165) is 16.1 Å². The Balaban J connectivity index is 1.50. The van der Waals surface area contributed by atoms with E-state index in [1.807, 2.05) is 0 Å². The molecule has 222 valence electrons. The number of thiazole rings is 1. The van der Waals surface area contributed by atoms with Crippen molar-refractivity contribution >= 4 is 56.1 Å². The van der Waals surface area contributed by atoms with Crippen LogP contribution in [-0.4, -0.2) is 95.9 Å². The minimum Gasteiger partial charge on any atom is -0.478 e. The summed E-state index contributed by atoms with van der Waals surface area (Å²) in [6.07, 6.45) is 3.05. The number of aryl methyl sites for hydroxylation is 1. The number of hydrogen-bond donors (Lipinski definition) is 5. The molecule has 0 bridgehead atoms. The monoisotopic (exact) mass is 613 g/mol. The Hall–Kier alpha value is -4.01. The molecule has 2 aromatic rings. The highest BCUT2D eigenvalue weighted by Crippen LogP contribution is 2.40. The van der Waals surface area contributed by atoms with Gasteiger partial charge in [-0.1, -0.05) is 5.16 Å². The van der Waals surface area contributed by atoms with Gasteiger partial charge < -0.3 is 26.7 Å². The molecule has 1 aliphatic heterocycles. The summed E-state index contributed by atoms with van der Waals surface area (Å²) in [6, 6.07) is -2.82.